The summed E-state index contributed by atoms with van der Waals surface area (Å²) < 4.78 is 73.1. The monoisotopic (exact) mass is 741 g/mol. The number of carbonyl (C=O) groups is 1. The minimum atomic E-state index is -5.01. The van der Waals surface area contributed by atoms with Gasteiger partial charge in [0, 0.05) is 12.1 Å². The fourth-order valence-electron chi connectivity index (χ4n) is 3.64. The Bertz CT molecular complexity index is 1980. The zero-order valence-electron chi connectivity index (χ0n) is 22.2. The van der Waals surface area contributed by atoms with Crippen molar-refractivity contribution < 1.29 is 39.4 Å². The van der Waals surface area contributed by atoms with Gasteiger partial charge in [-0.15, -0.1) is 3.89 Å². The highest BCUT2D eigenvalue weighted by atomic mass is 35.5. The molecule has 1 aromatic heterocycles. The standard InChI is InChI=1S/C25H18Cl4FN5O4S.H2O4S/c26-16-5-3-14(40(30,37)38)9-15(16)24(36)33-10-12-1-6-21(19(29)7-12)39-11-20-22(23(31)35-25(32)34-20)13-2-4-17(27)18(28)8-13;1-5(2,3)4/h1-9H,10-11H2,(H,33,36)(H4,31,32,34,35);(H2,1,2,3,4). The molecule has 0 spiro atoms. The van der Waals surface area contributed by atoms with Crippen LogP contribution in [0.25, 0.3) is 11.1 Å². The SMILES string of the molecule is Nc1nc(N)c(-c2ccc(Cl)c(Cl)c2)c(COc2ccc(CNC(=O)c3cc(S(=O)(=O)F)ccc3Cl)cc2Cl)n1.O=S(=O)(O)O. The largest absolute Gasteiger partial charge is 0.486 e. The number of nitrogen functional groups attached to an aromatic ring is 2. The lowest BCUT2D eigenvalue weighted by molar-refractivity contribution is 0.0950. The second kappa shape index (κ2) is 14.7. The maximum Gasteiger partial charge on any atom is 0.394 e. The number of benzene rings is 3. The number of nitrogens with two attached hydrogens (primary N) is 2. The number of carbonyl (C=O) groups excluding carboxylic acids is 1. The van der Waals surface area contributed by atoms with Gasteiger partial charge in [-0.3, -0.25) is 13.9 Å². The Hall–Kier alpha value is -3.48. The molecular formula is C25H20Cl4FN5O8S2. The Morgan fingerprint density at radius 2 is 1.51 bits per heavy atom. The van der Waals surface area contributed by atoms with Gasteiger partial charge < -0.3 is 21.5 Å². The van der Waals surface area contributed by atoms with Crippen molar-refractivity contribution in [2.24, 2.45) is 0 Å². The molecule has 4 aromatic rings. The third kappa shape index (κ3) is 10.5. The molecule has 0 bridgehead atoms. The van der Waals surface area contributed by atoms with Crippen molar-refractivity contribution >= 4 is 84.7 Å². The summed E-state index contributed by atoms with van der Waals surface area (Å²) in [5.74, 6) is -0.333. The van der Waals surface area contributed by atoms with Gasteiger partial charge in [-0.1, -0.05) is 58.5 Å². The first-order chi connectivity index (χ1) is 20.8. The van der Waals surface area contributed by atoms with E-state index in [4.69, 9.17) is 80.1 Å². The van der Waals surface area contributed by atoms with Crippen LogP contribution in [-0.4, -0.2) is 41.8 Å². The Labute approximate surface area is 276 Å². The zero-order chi connectivity index (χ0) is 33.7. The highest BCUT2D eigenvalue weighted by Crippen LogP contribution is 2.34. The van der Waals surface area contributed by atoms with Crippen LogP contribution in [0.15, 0.2) is 59.5 Å². The Morgan fingerprint density at radius 3 is 2.11 bits per heavy atom. The number of ether oxygens (including phenoxy) is 1. The Balaban J connectivity index is 0.00000102. The molecule has 1 amide bonds. The lowest BCUT2D eigenvalue weighted by Crippen LogP contribution is -2.23. The number of hydrogen-bond donors (Lipinski definition) is 5. The van der Waals surface area contributed by atoms with Gasteiger partial charge in [0.25, 0.3) is 5.91 Å². The zero-order valence-corrected chi connectivity index (χ0v) is 26.9. The van der Waals surface area contributed by atoms with Crippen LogP contribution >= 0.6 is 46.4 Å². The molecule has 3 aromatic carbocycles. The Morgan fingerprint density at radius 1 is 0.867 bits per heavy atom. The fourth-order valence-corrected chi connectivity index (χ4v) is 4.89. The van der Waals surface area contributed by atoms with E-state index in [1.54, 1.807) is 36.4 Å². The first-order valence-corrected chi connectivity index (χ1v) is 16.1. The summed E-state index contributed by atoms with van der Waals surface area (Å²) in [6, 6.07) is 12.7. The molecule has 0 aliphatic rings. The Kier molecular flexibility index (Phi) is 11.8. The molecule has 20 heteroatoms. The maximum absolute atomic E-state index is 13.3. The van der Waals surface area contributed by atoms with Crippen LogP contribution in [0.3, 0.4) is 0 Å². The van der Waals surface area contributed by atoms with Gasteiger partial charge in [-0.2, -0.15) is 21.8 Å². The summed E-state index contributed by atoms with van der Waals surface area (Å²) in [5.41, 5.74) is 13.8. The van der Waals surface area contributed by atoms with Gasteiger partial charge in [0.15, 0.2) is 0 Å². The number of rotatable bonds is 8. The number of hydrogen-bond acceptors (Lipinski definition) is 10. The molecule has 0 aliphatic carbocycles. The predicted octanol–water partition coefficient (Wildman–Crippen LogP) is 5.44. The van der Waals surface area contributed by atoms with Crippen LogP contribution in [0.5, 0.6) is 5.75 Å². The smallest absolute Gasteiger partial charge is 0.394 e. The molecular weight excluding hydrogens is 723 g/mol. The minimum absolute atomic E-state index is 0.00220. The second-order valence-electron chi connectivity index (χ2n) is 8.68. The molecule has 0 aliphatic heterocycles. The molecule has 13 nitrogen and oxygen atoms in total. The third-order valence-electron chi connectivity index (χ3n) is 5.52. The summed E-state index contributed by atoms with van der Waals surface area (Å²) in [5, 5.41) is 3.44. The lowest BCUT2D eigenvalue weighted by atomic mass is 10.0. The van der Waals surface area contributed by atoms with E-state index in [9.17, 15) is 17.1 Å². The number of aromatic nitrogens is 2. The van der Waals surface area contributed by atoms with Crippen molar-refractivity contribution in [2.75, 3.05) is 11.5 Å². The lowest BCUT2D eigenvalue weighted by Gasteiger charge is -2.15. The van der Waals surface area contributed by atoms with E-state index in [1.165, 1.54) is 0 Å². The molecule has 0 saturated heterocycles. The van der Waals surface area contributed by atoms with Crippen molar-refractivity contribution in [3.63, 3.8) is 0 Å². The molecule has 4 rings (SSSR count). The van der Waals surface area contributed by atoms with E-state index in [-0.39, 0.29) is 40.5 Å². The van der Waals surface area contributed by atoms with Gasteiger partial charge >= 0.3 is 20.6 Å². The van der Waals surface area contributed by atoms with Crippen molar-refractivity contribution in [1.82, 2.24) is 15.3 Å². The highest BCUT2D eigenvalue weighted by Gasteiger charge is 2.19. The minimum Gasteiger partial charge on any atom is -0.486 e. The van der Waals surface area contributed by atoms with E-state index in [0.717, 1.165) is 18.2 Å². The van der Waals surface area contributed by atoms with Crippen molar-refractivity contribution in [3.05, 3.63) is 91.5 Å². The molecule has 0 atom stereocenters. The molecule has 0 saturated carbocycles. The van der Waals surface area contributed by atoms with E-state index >= 15 is 0 Å². The van der Waals surface area contributed by atoms with Gasteiger partial charge in [-0.25, -0.2) is 4.98 Å². The summed E-state index contributed by atoms with van der Waals surface area (Å²) in [4.78, 5) is 20.1. The van der Waals surface area contributed by atoms with Gasteiger partial charge in [0.1, 0.15) is 18.2 Å². The average molecular weight is 743 g/mol. The van der Waals surface area contributed by atoms with Crippen LogP contribution in [-0.2, 0) is 33.8 Å². The number of amides is 1. The number of anilines is 2. The first-order valence-electron chi connectivity index (χ1n) is 11.8. The molecule has 240 valence electrons. The van der Waals surface area contributed by atoms with Crippen LogP contribution in [0.2, 0.25) is 20.1 Å². The fraction of sp³-hybridized carbons (Fsp3) is 0.0800. The molecule has 0 fully saturated rings. The first kappa shape index (κ1) is 36.0. The normalized spacial score (nSPS) is 11.4. The van der Waals surface area contributed by atoms with Crippen LogP contribution in [0.4, 0.5) is 15.7 Å². The topological polar surface area (TPSA) is 225 Å². The number of nitrogens with one attached hydrogen (secondary N) is 1. The highest BCUT2D eigenvalue weighted by molar-refractivity contribution is 7.86. The van der Waals surface area contributed by atoms with Crippen molar-refractivity contribution in [2.45, 2.75) is 18.0 Å². The quantitative estimate of drug-likeness (QED) is 0.112. The van der Waals surface area contributed by atoms with E-state index in [2.05, 4.69) is 15.3 Å². The second-order valence-corrected chi connectivity index (χ2v) is 12.6. The maximum atomic E-state index is 13.3. The molecule has 0 unspecified atom stereocenters. The average Bonchev–Trinajstić information content (AvgIpc) is 2.91. The van der Waals surface area contributed by atoms with Crippen LogP contribution < -0.4 is 21.5 Å². The summed E-state index contributed by atoms with van der Waals surface area (Å²) in [6.07, 6.45) is 0. The number of nitrogens with zero attached hydrogens (tertiary/aromatic N) is 2. The van der Waals surface area contributed by atoms with Gasteiger partial charge in [0.2, 0.25) is 5.95 Å². The summed E-state index contributed by atoms with van der Waals surface area (Å²) >= 11 is 24.6. The third-order valence-corrected chi connectivity index (χ3v) is 7.70. The molecule has 45 heavy (non-hydrogen) atoms. The summed E-state index contributed by atoms with van der Waals surface area (Å²) in [7, 11) is -9.68. The van der Waals surface area contributed by atoms with E-state index in [1.807, 2.05) is 0 Å². The summed E-state index contributed by atoms with van der Waals surface area (Å²) in [6.45, 7) is -0.0726. The van der Waals surface area contributed by atoms with Crippen LogP contribution in [0.1, 0.15) is 21.6 Å². The van der Waals surface area contributed by atoms with Crippen LogP contribution in [0, 0.1) is 0 Å². The van der Waals surface area contributed by atoms with Crippen molar-refractivity contribution in [3.8, 4) is 16.9 Å². The number of halogens is 5. The van der Waals surface area contributed by atoms with Gasteiger partial charge in [-0.05, 0) is 53.6 Å². The molecule has 0 radical (unpaired) electrons. The molecule has 1 heterocycles. The molecule has 7 N–H and O–H groups in total. The van der Waals surface area contributed by atoms with Crippen molar-refractivity contribution in [1.29, 1.82) is 0 Å². The van der Waals surface area contributed by atoms with E-state index < -0.39 is 31.4 Å². The predicted molar refractivity (Wildman–Crippen MR) is 167 cm³/mol. The van der Waals surface area contributed by atoms with E-state index in [0.29, 0.717) is 38.2 Å². The van der Waals surface area contributed by atoms with Gasteiger partial charge in [0.05, 0.1) is 36.2 Å².